The summed E-state index contributed by atoms with van der Waals surface area (Å²) in [5.41, 5.74) is 0.401. The van der Waals surface area contributed by atoms with E-state index in [9.17, 15) is 22.8 Å². The Morgan fingerprint density at radius 1 is 1.57 bits per heavy atom. The number of hydrogen-bond donors (Lipinski definition) is 3. The van der Waals surface area contributed by atoms with Gasteiger partial charge in [0.1, 0.15) is 6.04 Å². The second-order valence-electron chi connectivity index (χ2n) is 4.48. The number of β-lactam (4-membered cyclic amide) rings is 1. The van der Waals surface area contributed by atoms with Crippen LogP contribution in [0.4, 0.5) is 5.13 Å². The van der Waals surface area contributed by atoms with Crippen LogP contribution in [0.1, 0.15) is 12.6 Å². The fraction of sp³-hybridized carbons (Fsp3) is 0.400. The van der Waals surface area contributed by atoms with E-state index < -0.39 is 34.2 Å². The zero-order valence-electron chi connectivity index (χ0n) is 12.2. The van der Waals surface area contributed by atoms with Gasteiger partial charge in [0.05, 0.1) is 18.2 Å². The van der Waals surface area contributed by atoms with Gasteiger partial charge in [-0.2, -0.15) is 8.42 Å². The third-order valence-electron chi connectivity index (χ3n) is 2.98. The number of rotatable bonds is 6. The molecule has 2 rings (SSSR count). The van der Waals surface area contributed by atoms with E-state index in [-0.39, 0.29) is 57.8 Å². The van der Waals surface area contributed by atoms with E-state index in [2.05, 4.69) is 15.6 Å². The number of nitrogens with zero attached hydrogens (tertiary/aromatic N) is 2. The van der Waals surface area contributed by atoms with E-state index in [1.807, 2.05) is 0 Å². The topological polar surface area (TPSA) is 146 Å². The Kier molecular flexibility index (Phi) is 7.27. The van der Waals surface area contributed by atoms with Crippen LogP contribution in [0.2, 0.25) is 0 Å². The Labute approximate surface area is 178 Å². The second kappa shape index (κ2) is 8.11. The number of hydrogen-bond acceptors (Lipinski definition) is 7. The van der Waals surface area contributed by atoms with Gasteiger partial charge in [0.2, 0.25) is 12.3 Å². The third-order valence-corrected chi connectivity index (χ3v) is 4.81. The van der Waals surface area contributed by atoms with Crippen molar-refractivity contribution in [2.24, 2.45) is 0 Å². The molecule has 0 bridgehead atoms. The van der Waals surface area contributed by atoms with E-state index in [0.717, 1.165) is 11.3 Å². The van der Waals surface area contributed by atoms with Crippen molar-refractivity contribution in [3.8, 4) is 0 Å². The molecular formula is C10H12KN4O6S2+. The van der Waals surface area contributed by atoms with Gasteiger partial charge >= 0.3 is 61.7 Å². The first kappa shape index (κ1) is 20.6. The molecule has 1 saturated heterocycles. The van der Waals surface area contributed by atoms with Crippen LogP contribution in [-0.4, -0.2) is 52.6 Å². The van der Waals surface area contributed by atoms with Crippen LogP contribution in [0, 0.1) is 0 Å². The van der Waals surface area contributed by atoms with Crippen LogP contribution in [-0.2, 0) is 31.1 Å². The molecule has 1 aromatic rings. The van der Waals surface area contributed by atoms with Gasteiger partial charge < -0.3 is 10.6 Å². The molecule has 0 saturated carbocycles. The molecule has 3 amide bonds. The predicted molar refractivity (Wildman–Crippen MR) is 75.3 cm³/mol. The number of nitrogens with one attached hydrogen (secondary N) is 2. The number of amides is 3. The molecule has 10 nitrogen and oxygen atoms in total. The summed E-state index contributed by atoms with van der Waals surface area (Å²) in [6.45, 7) is 1.38. The molecule has 13 heteroatoms. The molecule has 0 spiro atoms. The zero-order valence-corrected chi connectivity index (χ0v) is 17.0. The van der Waals surface area contributed by atoms with Crippen LogP contribution in [0.5, 0.6) is 0 Å². The van der Waals surface area contributed by atoms with Crippen molar-refractivity contribution in [2.45, 2.75) is 25.4 Å². The van der Waals surface area contributed by atoms with E-state index in [4.69, 9.17) is 4.55 Å². The average molecular weight is 387 g/mol. The maximum Gasteiger partial charge on any atom is 1.00 e. The predicted octanol–water partition coefficient (Wildman–Crippen LogP) is -4.22. The summed E-state index contributed by atoms with van der Waals surface area (Å²) < 4.78 is 31.0. The molecule has 1 aliphatic rings. The third kappa shape index (κ3) is 4.79. The molecule has 1 aromatic heterocycles. The van der Waals surface area contributed by atoms with Crippen molar-refractivity contribution >= 4 is 45.0 Å². The molecule has 0 unspecified atom stereocenters. The summed E-state index contributed by atoms with van der Waals surface area (Å²) in [5.74, 6) is -1.42. The summed E-state index contributed by atoms with van der Waals surface area (Å²) in [4.78, 5) is 37.6. The maximum absolute atomic E-state index is 11.8. The molecule has 2 atom stereocenters. The Hall–Kier alpha value is -0.414. The smallest absolute Gasteiger partial charge is 0.342 e. The SMILES string of the molecule is C[C@H]1[C@H](NC(=O)Cc2csc(NC=O)n2)C(=O)N1S(=O)(=O)O.[K+]. The van der Waals surface area contributed by atoms with Crippen LogP contribution >= 0.6 is 11.3 Å². The molecule has 1 fully saturated rings. The van der Waals surface area contributed by atoms with Crippen molar-refractivity contribution in [1.82, 2.24) is 14.6 Å². The van der Waals surface area contributed by atoms with Gasteiger partial charge in [-0.15, -0.1) is 11.3 Å². The number of anilines is 1. The average Bonchev–Trinajstić information content (AvgIpc) is 2.82. The van der Waals surface area contributed by atoms with Gasteiger partial charge in [-0.05, 0) is 6.92 Å². The molecule has 23 heavy (non-hydrogen) atoms. The van der Waals surface area contributed by atoms with Gasteiger partial charge in [0.15, 0.2) is 5.13 Å². The fourth-order valence-corrected chi connectivity index (χ4v) is 3.55. The van der Waals surface area contributed by atoms with Crippen molar-refractivity contribution in [1.29, 1.82) is 0 Å². The molecule has 0 aromatic carbocycles. The van der Waals surface area contributed by atoms with Crippen LogP contribution in [0.3, 0.4) is 0 Å². The number of carbonyl (C=O) groups excluding carboxylic acids is 3. The largest absolute Gasteiger partial charge is 1.00 e. The Morgan fingerprint density at radius 3 is 2.74 bits per heavy atom. The van der Waals surface area contributed by atoms with Crippen molar-refractivity contribution in [3.05, 3.63) is 11.1 Å². The first-order valence-corrected chi connectivity index (χ1v) is 8.26. The first-order valence-electron chi connectivity index (χ1n) is 5.98. The summed E-state index contributed by atoms with van der Waals surface area (Å²) in [5, 5.41) is 6.63. The molecule has 0 radical (unpaired) electrons. The summed E-state index contributed by atoms with van der Waals surface area (Å²) in [7, 11) is -4.61. The van der Waals surface area contributed by atoms with Gasteiger partial charge in [0.25, 0.3) is 5.91 Å². The van der Waals surface area contributed by atoms with Crippen LogP contribution < -0.4 is 62.0 Å². The van der Waals surface area contributed by atoms with Gasteiger partial charge in [0, 0.05) is 5.38 Å². The summed E-state index contributed by atoms with van der Waals surface area (Å²) >= 11 is 1.14. The van der Waals surface area contributed by atoms with Crippen LogP contribution in [0.15, 0.2) is 5.38 Å². The van der Waals surface area contributed by atoms with E-state index in [1.165, 1.54) is 6.92 Å². The Balaban J connectivity index is 0.00000264. The number of thiazole rings is 1. The van der Waals surface area contributed by atoms with Crippen LogP contribution in [0.25, 0.3) is 0 Å². The summed E-state index contributed by atoms with van der Waals surface area (Å²) in [6, 6.07) is -1.88. The maximum atomic E-state index is 11.8. The van der Waals surface area contributed by atoms with E-state index >= 15 is 0 Å². The Bertz CT molecular complexity index is 721. The molecule has 120 valence electrons. The fourth-order valence-electron chi connectivity index (χ4n) is 2.00. The van der Waals surface area contributed by atoms with Gasteiger partial charge in [-0.3, -0.25) is 18.9 Å². The van der Waals surface area contributed by atoms with Crippen molar-refractivity contribution < 1.29 is 78.7 Å². The minimum atomic E-state index is -4.61. The number of aromatic nitrogens is 1. The summed E-state index contributed by atoms with van der Waals surface area (Å²) in [6.07, 6.45) is 0.334. The molecule has 1 aliphatic heterocycles. The standard InChI is InChI=1S/C10H12N4O6S2.K/c1-5-8(9(17)14(5)22(18,19)20)13-7(16)2-6-3-21-10(12-6)11-4-15;/h3-5,8H,2H2,1H3,(H,13,16)(H,11,12,15)(H,18,19,20);/q;+1/t5-,8-;/m0./s1. The second-order valence-corrected chi connectivity index (χ2v) is 6.63. The molecular weight excluding hydrogens is 375 g/mol. The van der Waals surface area contributed by atoms with Gasteiger partial charge in [-0.1, -0.05) is 0 Å². The minimum Gasteiger partial charge on any atom is -0.342 e. The van der Waals surface area contributed by atoms with Crippen molar-refractivity contribution in [2.75, 3.05) is 5.32 Å². The van der Waals surface area contributed by atoms with Gasteiger partial charge in [-0.25, -0.2) is 9.29 Å². The van der Waals surface area contributed by atoms with E-state index in [0.29, 0.717) is 21.5 Å². The molecule has 3 N–H and O–H groups in total. The number of carbonyl (C=O) groups is 3. The Morgan fingerprint density at radius 2 is 2.22 bits per heavy atom. The minimum absolute atomic E-state index is 0. The molecule has 2 heterocycles. The molecule has 0 aliphatic carbocycles. The quantitative estimate of drug-likeness (QED) is 0.194. The van der Waals surface area contributed by atoms with Crippen molar-refractivity contribution in [3.63, 3.8) is 0 Å². The zero-order chi connectivity index (χ0) is 16.5. The van der Waals surface area contributed by atoms with E-state index in [1.54, 1.807) is 5.38 Å². The monoisotopic (exact) mass is 387 g/mol. The first-order chi connectivity index (χ1) is 10.2. The normalized spacial score (nSPS) is 20.3.